The van der Waals surface area contributed by atoms with Gasteiger partial charge in [-0.2, -0.15) is 0 Å². The van der Waals surface area contributed by atoms with E-state index in [9.17, 15) is 17.6 Å². The molecule has 0 spiro atoms. The Morgan fingerprint density at radius 2 is 1.11 bits per heavy atom. The molecule has 5 heteroatoms. The van der Waals surface area contributed by atoms with Crippen LogP contribution in [0.3, 0.4) is 0 Å². The van der Waals surface area contributed by atoms with Gasteiger partial charge >= 0.3 is 0 Å². The van der Waals surface area contributed by atoms with Gasteiger partial charge in [0.2, 0.25) is 0 Å². The minimum Gasteiger partial charge on any atom is -0.206 e. The summed E-state index contributed by atoms with van der Waals surface area (Å²) in [6.07, 6.45) is 16.3. The third-order valence-electron chi connectivity index (χ3n) is 8.57. The Labute approximate surface area is 212 Å². The second kappa shape index (κ2) is 12.1. The zero-order chi connectivity index (χ0) is 24.9. The molecule has 2 aliphatic carbocycles. The topological polar surface area (TPSA) is 0 Å². The van der Waals surface area contributed by atoms with Crippen LogP contribution in [0.15, 0.2) is 24.3 Å². The molecule has 4 rings (SSSR count). The molecule has 192 valence electrons. The molecule has 2 aromatic rings. The minimum atomic E-state index is -1.03. The molecule has 0 saturated heterocycles. The highest BCUT2D eigenvalue weighted by Gasteiger charge is 2.27. The van der Waals surface area contributed by atoms with E-state index in [1.54, 1.807) is 0 Å². The van der Waals surface area contributed by atoms with Crippen LogP contribution in [-0.4, -0.2) is 0 Å². The van der Waals surface area contributed by atoms with Crippen molar-refractivity contribution in [3.63, 3.8) is 0 Å². The highest BCUT2D eigenvalue weighted by atomic mass is 35.5. The number of hydrogen-bond donors (Lipinski definition) is 0. The Morgan fingerprint density at radius 3 is 1.60 bits per heavy atom. The van der Waals surface area contributed by atoms with Crippen LogP contribution in [0.2, 0.25) is 5.02 Å². The first-order valence-electron chi connectivity index (χ1n) is 13.5. The smallest absolute Gasteiger partial charge is 0.145 e. The lowest BCUT2D eigenvalue weighted by Crippen LogP contribution is -2.18. The van der Waals surface area contributed by atoms with Crippen molar-refractivity contribution >= 4 is 11.6 Å². The van der Waals surface area contributed by atoms with E-state index in [-0.39, 0.29) is 11.5 Å². The second-order valence-corrected chi connectivity index (χ2v) is 11.3. The average molecular weight is 509 g/mol. The SMILES string of the molecule is CCCCC1CCC(CCC2CCC(c3cc(F)c(-c4cc(F)c(Cl)c(F)c4)c(F)c3)CC2)CC1. The first-order chi connectivity index (χ1) is 16.9. The second-order valence-electron chi connectivity index (χ2n) is 10.9. The molecule has 0 heterocycles. The lowest BCUT2D eigenvalue weighted by Gasteiger charge is -2.32. The van der Waals surface area contributed by atoms with E-state index in [0.717, 1.165) is 49.7 Å². The molecule has 0 radical (unpaired) electrons. The van der Waals surface area contributed by atoms with Crippen molar-refractivity contribution in [2.45, 2.75) is 96.3 Å². The molecular weight excluding hydrogens is 472 g/mol. The molecule has 0 unspecified atom stereocenters. The normalized spacial score (nSPS) is 25.1. The monoisotopic (exact) mass is 508 g/mol. The Kier molecular flexibility index (Phi) is 9.18. The van der Waals surface area contributed by atoms with Gasteiger partial charge in [-0.25, -0.2) is 17.6 Å². The summed E-state index contributed by atoms with van der Waals surface area (Å²) in [5.41, 5.74) is 0.0397. The van der Waals surface area contributed by atoms with Crippen molar-refractivity contribution in [3.8, 4) is 11.1 Å². The minimum absolute atomic E-state index is 0.122. The molecule has 0 amide bonds. The van der Waals surface area contributed by atoms with E-state index < -0.39 is 33.9 Å². The van der Waals surface area contributed by atoms with E-state index in [4.69, 9.17) is 11.6 Å². The zero-order valence-corrected chi connectivity index (χ0v) is 21.5. The largest absolute Gasteiger partial charge is 0.206 e. The van der Waals surface area contributed by atoms with Crippen LogP contribution in [0.5, 0.6) is 0 Å². The zero-order valence-electron chi connectivity index (χ0n) is 20.7. The molecule has 0 nitrogen and oxygen atoms in total. The lowest BCUT2D eigenvalue weighted by atomic mass is 9.74. The highest BCUT2D eigenvalue weighted by molar-refractivity contribution is 6.31. The predicted octanol–water partition coefficient (Wildman–Crippen LogP) is 10.6. The van der Waals surface area contributed by atoms with Gasteiger partial charge < -0.3 is 0 Å². The van der Waals surface area contributed by atoms with Crippen LogP contribution in [-0.2, 0) is 0 Å². The van der Waals surface area contributed by atoms with Crippen molar-refractivity contribution in [3.05, 3.63) is 58.1 Å². The molecule has 2 aliphatic rings. The van der Waals surface area contributed by atoms with Crippen molar-refractivity contribution in [2.24, 2.45) is 17.8 Å². The van der Waals surface area contributed by atoms with Gasteiger partial charge in [-0.05, 0) is 84.7 Å². The summed E-state index contributed by atoms with van der Waals surface area (Å²) in [5.74, 6) is -0.999. The number of rotatable bonds is 8. The first-order valence-corrected chi connectivity index (χ1v) is 13.9. The number of unbranched alkanes of at least 4 members (excludes halogenated alkanes) is 1. The number of hydrogen-bond acceptors (Lipinski definition) is 0. The molecule has 0 N–H and O–H groups in total. The molecule has 0 aromatic heterocycles. The maximum Gasteiger partial charge on any atom is 0.145 e. The summed E-state index contributed by atoms with van der Waals surface area (Å²) in [5, 5.41) is -0.678. The van der Waals surface area contributed by atoms with Crippen LogP contribution < -0.4 is 0 Å². The summed E-state index contributed by atoms with van der Waals surface area (Å²) in [6, 6.07) is 4.42. The molecule has 0 aliphatic heterocycles. The van der Waals surface area contributed by atoms with Gasteiger partial charge in [-0.15, -0.1) is 0 Å². The Balaban J connectivity index is 1.30. The third kappa shape index (κ3) is 6.61. The van der Waals surface area contributed by atoms with Crippen LogP contribution in [0, 0.1) is 41.0 Å². The van der Waals surface area contributed by atoms with Gasteiger partial charge in [0.25, 0.3) is 0 Å². The van der Waals surface area contributed by atoms with Crippen molar-refractivity contribution in [1.82, 2.24) is 0 Å². The summed E-state index contributed by atoms with van der Waals surface area (Å²) >= 11 is 5.51. The molecule has 2 fully saturated rings. The summed E-state index contributed by atoms with van der Waals surface area (Å²) < 4.78 is 57.4. The van der Waals surface area contributed by atoms with E-state index in [1.807, 2.05) is 0 Å². The predicted molar refractivity (Wildman–Crippen MR) is 136 cm³/mol. The van der Waals surface area contributed by atoms with Crippen LogP contribution in [0.25, 0.3) is 11.1 Å². The summed E-state index contributed by atoms with van der Waals surface area (Å²) in [7, 11) is 0. The molecule has 35 heavy (non-hydrogen) atoms. The van der Waals surface area contributed by atoms with Gasteiger partial charge in [-0.1, -0.05) is 76.3 Å². The maximum absolute atomic E-state index is 14.9. The van der Waals surface area contributed by atoms with Crippen LogP contribution in [0.4, 0.5) is 17.6 Å². The Bertz CT molecular complexity index is 942. The highest BCUT2D eigenvalue weighted by Crippen LogP contribution is 2.41. The summed E-state index contributed by atoms with van der Waals surface area (Å²) in [6.45, 7) is 2.27. The van der Waals surface area contributed by atoms with Crippen molar-refractivity contribution in [1.29, 1.82) is 0 Å². The molecule has 0 bridgehead atoms. The van der Waals surface area contributed by atoms with Gasteiger partial charge in [0, 0.05) is 0 Å². The fourth-order valence-corrected chi connectivity index (χ4v) is 6.47. The fourth-order valence-electron chi connectivity index (χ4n) is 6.36. The van der Waals surface area contributed by atoms with Gasteiger partial charge in [0.1, 0.15) is 28.3 Å². The van der Waals surface area contributed by atoms with E-state index in [2.05, 4.69) is 6.92 Å². The van der Waals surface area contributed by atoms with E-state index in [0.29, 0.717) is 11.5 Å². The van der Waals surface area contributed by atoms with Crippen molar-refractivity contribution < 1.29 is 17.6 Å². The number of halogens is 5. The summed E-state index contributed by atoms with van der Waals surface area (Å²) in [4.78, 5) is 0. The molecule has 2 saturated carbocycles. The van der Waals surface area contributed by atoms with Gasteiger partial charge in [-0.3, -0.25) is 0 Å². The third-order valence-corrected chi connectivity index (χ3v) is 8.93. The fraction of sp³-hybridized carbons (Fsp3) is 0.600. The quantitative estimate of drug-likeness (QED) is 0.245. The Morgan fingerprint density at radius 1 is 0.657 bits per heavy atom. The molecule has 0 atom stereocenters. The van der Waals surface area contributed by atoms with Crippen molar-refractivity contribution in [2.75, 3.05) is 0 Å². The van der Waals surface area contributed by atoms with Crippen LogP contribution in [0.1, 0.15) is 102 Å². The lowest BCUT2D eigenvalue weighted by molar-refractivity contribution is 0.222. The maximum atomic E-state index is 14.9. The Hall–Kier alpha value is -1.55. The van der Waals surface area contributed by atoms with Crippen LogP contribution >= 0.6 is 11.6 Å². The standard InChI is InChI=1S/C30H37ClF4/c1-2-3-4-19-5-7-20(8-6-19)9-10-21-11-13-22(14-12-21)23-15-25(32)29(26(33)16-23)24-17-27(34)30(31)28(35)18-24/h15-22H,2-14H2,1H3. The number of benzene rings is 2. The van der Waals surface area contributed by atoms with E-state index in [1.165, 1.54) is 69.9 Å². The average Bonchev–Trinajstić information content (AvgIpc) is 2.85. The molecule has 2 aromatic carbocycles. The van der Waals surface area contributed by atoms with Gasteiger partial charge in [0.05, 0.1) is 5.56 Å². The van der Waals surface area contributed by atoms with E-state index >= 15 is 0 Å². The van der Waals surface area contributed by atoms with Gasteiger partial charge in [0.15, 0.2) is 0 Å². The molecular formula is C30H37ClF4. The first kappa shape index (κ1) is 26.5.